The minimum absolute atomic E-state index is 0.0363. The number of benzene rings is 1. The number of hydrogen-bond acceptors (Lipinski definition) is 5. The third kappa shape index (κ3) is 4.36. The van der Waals surface area contributed by atoms with Gasteiger partial charge in [0.1, 0.15) is 18.0 Å². The molecular formula is C24H29N3O4. The van der Waals surface area contributed by atoms with Crippen molar-refractivity contribution in [3.63, 3.8) is 0 Å². The number of piperidine rings is 1. The molecule has 0 bridgehead atoms. The Bertz CT molecular complexity index is 1180. The van der Waals surface area contributed by atoms with Gasteiger partial charge in [0, 0.05) is 37.4 Å². The maximum Gasteiger partial charge on any atom is 0.410 e. The Morgan fingerprint density at radius 1 is 1.16 bits per heavy atom. The van der Waals surface area contributed by atoms with E-state index in [0.717, 1.165) is 35.6 Å². The van der Waals surface area contributed by atoms with E-state index in [1.165, 1.54) is 0 Å². The molecule has 1 unspecified atom stereocenters. The number of rotatable bonds is 3. The summed E-state index contributed by atoms with van der Waals surface area (Å²) >= 11 is 0. The van der Waals surface area contributed by atoms with Crippen molar-refractivity contribution in [2.24, 2.45) is 7.05 Å². The third-order valence-corrected chi connectivity index (χ3v) is 5.67. The number of ether oxygens (including phenoxy) is 2. The Balaban J connectivity index is 1.57. The van der Waals surface area contributed by atoms with Crippen molar-refractivity contribution in [2.75, 3.05) is 13.2 Å². The molecule has 1 saturated heterocycles. The third-order valence-electron chi connectivity index (χ3n) is 5.67. The van der Waals surface area contributed by atoms with Crippen LogP contribution in [0.2, 0.25) is 0 Å². The highest BCUT2D eigenvalue weighted by Gasteiger charge is 2.31. The van der Waals surface area contributed by atoms with Gasteiger partial charge in [-0.1, -0.05) is 0 Å². The first-order valence-electron chi connectivity index (χ1n) is 10.7. The standard InChI is InChI=1S/C24H29N3O4/c1-24(2,3)31-23(29)27-12-6-5-7-16(27)15-30-17-8-9-19-18-10-11-25-14-20(18)22(28)26(4)21(19)13-17/h8-11,13-14,16H,5-7,12,15H2,1-4H3. The van der Waals surface area contributed by atoms with Gasteiger partial charge in [0.2, 0.25) is 0 Å². The Labute approximate surface area is 181 Å². The van der Waals surface area contributed by atoms with Crippen molar-refractivity contribution in [3.05, 3.63) is 47.0 Å². The highest BCUT2D eigenvalue weighted by Crippen LogP contribution is 2.27. The summed E-state index contributed by atoms with van der Waals surface area (Å²) in [5, 5.41) is 2.45. The van der Waals surface area contributed by atoms with Crippen LogP contribution in [0.25, 0.3) is 21.7 Å². The predicted molar refractivity (Wildman–Crippen MR) is 121 cm³/mol. The average molecular weight is 424 g/mol. The number of hydrogen-bond donors (Lipinski definition) is 0. The fourth-order valence-corrected chi connectivity index (χ4v) is 4.12. The van der Waals surface area contributed by atoms with Gasteiger partial charge in [-0.15, -0.1) is 0 Å². The van der Waals surface area contributed by atoms with Crippen LogP contribution in [0.15, 0.2) is 41.5 Å². The number of amides is 1. The first-order valence-corrected chi connectivity index (χ1v) is 10.7. The van der Waals surface area contributed by atoms with E-state index in [0.29, 0.717) is 24.3 Å². The molecule has 7 nitrogen and oxygen atoms in total. The molecule has 1 fully saturated rings. The van der Waals surface area contributed by atoms with Gasteiger partial charge in [-0.2, -0.15) is 0 Å². The Morgan fingerprint density at radius 3 is 2.74 bits per heavy atom. The van der Waals surface area contributed by atoms with Gasteiger partial charge in [0.25, 0.3) is 5.56 Å². The van der Waals surface area contributed by atoms with Gasteiger partial charge in [-0.3, -0.25) is 9.78 Å². The lowest BCUT2D eigenvalue weighted by Crippen LogP contribution is -2.48. The molecule has 0 aliphatic carbocycles. The maximum absolute atomic E-state index is 12.7. The lowest BCUT2D eigenvalue weighted by atomic mass is 10.0. The highest BCUT2D eigenvalue weighted by atomic mass is 16.6. The first kappa shape index (κ1) is 21.2. The first-order chi connectivity index (χ1) is 14.7. The van der Waals surface area contributed by atoms with Crippen LogP contribution in [0.4, 0.5) is 4.79 Å². The molecule has 31 heavy (non-hydrogen) atoms. The van der Waals surface area contributed by atoms with Crippen LogP contribution in [-0.4, -0.2) is 45.3 Å². The van der Waals surface area contributed by atoms with Crippen molar-refractivity contribution in [2.45, 2.75) is 51.7 Å². The molecule has 1 aliphatic heterocycles. The van der Waals surface area contributed by atoms with Gasteiger partial charge in [-0.05, 0) is 63.6 Å². The zero-order valence-corrected chi connectivity index (χ0v) is 18.6. The van der Waals surface area contributed by atoms with Gasteiger partial charge < -0.3 is 18.9 Å². The molecule has 0 N–H and O–H groups in total. The minimum atomic E-state index is -0.526. The van der Waals surface area contributed by atoms with Crippen LogP contribution in [0.1, 0.15) is 40.0 Å². The van der Waals surface area contributed by atoms with E-state index in [2.05, 4.69) is 4.98 Å². The SMILES string of the molecule is Cn1c(=O)c2cnccc2c2ccc(OCC3CCCCN3C(=O)OC(C)(C)C)cc21. The fraction of sp³-hybridized carbons (Fsp3) is 0.458. The largest absolute Gasteiger partial charge is 0.491 e. The summed E-state index contributed by atoms with van der Waals surface area (Å²) in [6, 6.07) is 7.59. The molecule has 3 heterocycles. The summed E-state index contributed by atoms with van der Waals surface area (Å²) in [6.07, 6.45) is 5.91. The van der Waals surface area contributed by atoms with Crippen molar-refractivity contribution in [1.29, 1.82) is 0 Å². The number of aromatic nitrogens is 2. The second-order valence-corrected chi connectivity index (χ2v) is 9.10. The van der Waals surface area contributed by atoms with E-state index in [-0.39, 0.29) is 17.7 Å². The number of likely N-dealkylation sites (tertiary alicyclic amines) is 1. The van der Waals surface area contributed by atoms with Crippen molar-refractivity contribution in [3.8, 4) is 5.75 Å². The summed E-state index contributed by atoms with van der Waals surface area (Å²) < 4.78 is 13.3. The van der Waals surface area contributed by atoms with Crippen molar-refractivity contribution in [1.82, 2.24) is 14.5 Å². The molecule has 0 saturated carbocycles. The van der Waals surface area contributed by atoms with E-state index in [4.69, 9.17) is 9.47 Å². The number of aryl methyl sites for hydroxylation is 1. The quantitative estimate of drug-likeness (QED) is 0.589. The normalized spacial score (nSPS) is 17.2. The highest BCUT2D eigenvalue weighted by molar-refractivity contribution is 6.05. The van der Waals surface area contributed by atoms with Gasteiger partial charge >= 0.3 is 6.09 Å². The summed E-state index contributed by atoms with van der Waals surface area (Å²) in [4.78, 5) is 31.2. The van der Waals surface area contributed by atoms with E-state index < -0.39 is 5.60 Å². The number of carbonyl (C=O) groups is 1. The lowest BCUT2D eigenvalue weighted by molar-refractivity contribution is 0.00361. The van der Waals surface area contributed by atoms with Gasteiger partial charge in [0.15, 0.2) is 0 Å². The van der Waals surface area contributed by atoms with E-state index in [1.807, 2.05) is 45.0 Å². The molecule has 0 spiro atoms. The van der Waals surface area contributed by atoms with Crippen LogP contribution in [0, 0.1) is 0 Å². The average Bonchev–Trinajstić information content (AvgIpc) is 2.75. The summed E-state index contributed by atoms with van der Waals surface area (Å²) in [6.45, 7) is 6.68. The number of nitrogens with zero attached hydrogens (tertiary/aromatic N) is 3. The molecule has 3 aromatic rings. The van der Waals surface area contributed by atoms with Crippen LogP contribution in [0.5, 0.6) is 5.75 Å². The second kappa shape index (κ2) is 8.21. The van der Waals surface area contributed by atoms with Crippen molar-refractivity contribution >= 4 is 27.8 Å². The smallest absolute Gasteiger partial charge is 0.410 e. The second-order valence-electron chi connectivity index (χ2n) is 9.10. The van der Waals surface area contributed by atoms with Crippen molar-refractivity contribution < 1.29 is 14.3 Å². The predicted octanol–water partition coefficient (Wildman–Crippen LogP) is 4.26. The Hall–Kier alpha value is -3.09. The molecule has 1 aliphatic rings. The molecule has 1 aromatic carbocycles. The summed E-state index contributed by atoms with van der Waals surface area (Å²) in [7, 11) is 1.76. The van der Waals surface area contributed by atoms with E-state index in [1.54, 1.807) is 28.9 Å². The van der Waals surface area contributed by atoms with Gasteiger partial charge in [-0.25, -0.2) is 4.79 Å². The maximum atomic E-state index is 12.7. The summed E-state index contributed by atoms with van der Waals surface area (Å²) in [5.74, 6) is 0.672. The zero-order valence-electron chi connectivity index (χ0n) is 18.6. The molecule has 164 valence electrons. The number of pyridine rings is 2. The summed E-state index contributed by atoms with van der Waals surface area (Å²) in [5.41, 5.74) is 0.187. The van der Waals surface area contributed by atoms with Crippen LogP contribution < -0.4 is 10.3 Å². The monoisotopic (exact) mass is 423 g/mol. The Morgan fingerprint density at radius 2 is 1.97 bits per heavy atom. The molecular weight excluding hydrogens is 394 g/mol. The Kier molecular flexibility index (Phi) is 5.60. The fourth-order valence-electron chi connectivity index (χ4n) is 4.12. The van der Waals surface area contributed by atoms with E-state index >= 15 is 0 Å². The molecule has 1 atom stereocenters. The van der Waals surface area contributed by atoms with Crippen LogP contribution >= 0.6 is 0 Å². The lowest BCUT2D eigenvalue weighted by Gasteiger charge is -2.36. The van der Waals surface area contributed by atoms with E-state index in [9.17, 15) is 9.59 Å². The molecule has 7 heteroatoms. The minimum Gasteiger partial charge on any atom is -0.491 e. The van der Waals surface area contributed by atoms with Crippen LogP contribution in [-0.2, 0) is 11.8 Å². The molecule has 2 aromatic heterocycles. The molecule has 1 amide bonds. The number of carbonyl (C=O) groups excluding carboxylic acids is 1. The van der Waals surface area contributed by atoms with Gasteiger partial charge in [0.05, 0.1) is 16.9 Å². The zero-order chi connectivity index (χ0) is 22.2. The topological polar surface area (TPSA) is 73.7 Å². The molecule has 4 rings (SSSR count). The molecule has 0 radical (unpaired) electrons. The number of fused-ring (bicyclic) bond motifs is 3. The van der Waals surface area contributed by atoms with Crippen LogP contribution in [0.3, 0.4) is 0 Å².